The van der Waals surface area contributed by atoms with Crippen LogP contribution >= 0.6 is 11.6 Å². The number of hydrogen-bond acceptors (Lipinski definition) is 0. The summed E-state index contributed by atoms with van der Waals surface area (Å²) >= 11 is 6.15. The summed E-state index contributed by atoms with van der Waals surface area (Å²) in [5, 5.41) is 3.50. The third kappa shape index (κ3) is 2.65. The SMILES string of the molecule is CC(C)[NH2+][C@@H](C)C12C[C@@H]3C[C@@H](CC(c4ccc(Cl)cc4)(C3)C1)C2. The van der Waals surface area contributed by atoms with E-state index in [1.807, 2.05) is 0 Å². The molecular formula is C21H31ClN+. The van der Waals surface area contributed by atoms with Crippen LogP contribution in [0.3, 0.4) is 0 Å². The fourth-order valence-corrected chi connectivity index (χ4v) is 6.91. The van der Waals surface area contributed by atoms with Crippen molar-refractivity contribution in [3.8, 4) is 0 Å². The highest BCUT2D eigenvalue weighted by atomic mass is 35.5. The summed E-state index contributed by atoms with van der Waals surface area (Å²) in [5.41, 5.74) is 2.57. The van der Waals surface area contributed by atoms with Gasteiger partial charge in [-0.05, 0) is 94.2 Å². The van der Waals surface area contributed by atoms with Gasteiger partial charge in [-0.1, -0.05) is 23.7 Å². The third-order valence-corrected chi connectivity index (χ3v) is 7.45. The van der Waals surface area contributed by atoms with Crippen molar-refractivity contribution >= 4 is 11.6 Å². The predicted molar refractivity (Wildman–Crippen MR) is 96.8 cm³/mol. The molecule has 0 aromatic heterocycles. The maximum absolute atomic E-state index is 6.15. The van der Waals surface area contributed by atoms with E-state index < -0.39 is 0 Å². The fourth-order valence-electron chi connectivity index (χ4n) is 6.79. The van der Waals surface area contributed by atoms with Crippen molar-refractivity contribution in [2.24, 2.45) is 17.3 Å². The van der Waals surface area contributed by atoms with Crippen LogP contribution in [0.5, 0.6) is 0 Å². The van der Waals surface area contributed by atoms with Gasteiger partial charge in [0, 0.05) is 10.4 Å². The van der Waals surface area contributed by atoms with Crippen LogP contribution in [0.15, 0.2) is 24.3 Å². The molecule has 126 valence electrons. The number of quaternary nitrogens is 1. The van der Waals surface area contributed by atoms with Crippen LogP contribution in [0.25, 0.3) is 0 Å². The molecule has 4 aliphatic carbocycles. The maximum atomic E-state index is 6.15. The molecule has 4 saturated carbocycles. The Hall–Kier alpha value is -0.530. The molecule has 0 aliphatic heterocycles. The number of hydrogen-bond donors (Lipinski definition) is 1. The van der Waals surface area contributed by atoms with E-state index in [1.165, 1.54) is 38.5 Å². The van der Waals surface area contributed by atoms with Crippen molar-refractivity contribution in [1.82, 2.24) is 0 Å². The van der Waals surface area contributed by atoms with Crippen LogP contribution in [0.1, 0.15) is 64.9 Å². The van der Waals surface area contributed by atoms with Gasteiger partial charge in [-0.25, -0.2) is 0 Å². The van der Waals surface area contributed by atoms with E-state index in [2.05, 4.69) is 50.4 Å². The van der Waals surface area contributed by atoms with Gasteiger partial charge in [0.1, 0.15) is 0 Å². The minimum Gasteiger partial charge on any atom is -0.342 e. The van der Waals surface area contributed by atoms with Crippen molar-refractivity contribution in [2.75, 3.05) is 0 Å². The molecule has 0 spiro atoms. The first-order valence-corrected chi connectivity index (χ1v) is 9.90. The normalized spacial score (nSPS) is 39.9. The van der Waals surface area contributed by atoms with Gasteiger partial charge in [-0.15, -0.1) is 0 Å². The average molecular weight is 333 g/mol. The van der Waals surface area contributed by atoms with Gasteiger partial charge in [0.2, 0.25) is 0 Å². The van der Waals surface area contributed by atoms with Gasteiger partial charge in [-0.3, -0.25) is 0 Å². The van der Waals surface area contributed by atoms with E-state index in [-0.39, 0.29) is 0 Å². The molecule has 4 fully saturated rings. The summed E-state index contributed by atoms with van der Waals surface area (Å²) in [7, 11) is 0. The van der Waals surface area contributed by atoms with E-state index in [4.69, 9.17) is 11.6 Å². The zero-order valence-electron chi connectivity index (χ0n) is 14.8. The first-order valence-electron chi connectivity index (χ1n) is 9.52. The van der Waals surface area contributed by atoms with Crippen LogP contribution < -0.4 is 5.32 Å². The summed E-state index contributed by atoms with van der Waals surface area (Å²) in [6.07, 6.45) is 8.68. The lowest BCUT2D eigenvalue weighted by Gasteiger charge is -2.63. The highest BCUT2D eigenvalue weighted by Gasteiger charge is 2.60. The van der Waals surface area contributed by atoms with Gasteiger partial charge < -0.3 is 5.32 Å². The van der Waals surface area contributed by atoms with Crippen LogP contribution in [0.4, 0.5) is 0 Å². The zero-order valence-corrected chi connectivity index (χ0v) is 15.6. The topological polar surface area (TPSA) is 16.6 Å². The number of benzene rings is 1. The quantitative estimate of drug-likeness (QED) is 0.833. The van der Waals surface area contributed by atoms with Crippen molar-refractivity contribution < 1.29 is 5.32 Å². The van der Waals surface area contributed by atoms with Gasteiger partial charge in [0.15, 0.2) is 0 Å². The Balaban J connectivity index is 1.69. The van der Waals surface area contributed by atoms with Crippen LogP contribution in [-0.4, -0.2) is 12.1 Å². The molecule has 2 unspecified atom stereocenters. The molecule has 0 heterocycles. The molecule has 1 nitrogen and oxygen atoms in total. The number of halogens is 1. The highest BCUT2D eigenvalue weighted by molar-refractivity contribution is 6.30. The van der Waals surface area contributed by atoms with E-state index in [0.29, 0.717) is 16.9 Å². The Labute approximate surface area is 146 Å². The highest BCUT2D eigenvalue weighted by Crippen LogP contribution is 2.66. The molecule has 4 aliphatic rings. The third-order valence-electron chi connectivity index (χ3n) is 7.20. The van der Waals surface area contributed by atoms with Crippen molar-refractivity contribution in [3.63, 3.8) is 0 Å². The lowest BCUT2D eigenvalue weighted by atomic mass is 9.41. The van der Waals surface area contributed by atoms with Gasteiger partial charge in [0.25, 0.3) is 0 Å². The van der Waals surface area contributed by atoms with Crippen LogP contribution in [0, 0.1) is 17.3 Å². The summed E-state index contributed by atoms with van der Waals surface area (Å²) in [6.45, 7) is 7.18. The molecule has 1 aromatic rings. The minimum absolute atomic E-state index is 0.438. The average Bonchev–Trinajstić information content (AvgIpc) is 2.45. The Bertz CT molecular complexity index is 562. The maximum Gasteiger partial charge on any atom is 0.0889 e. The minimum atomic E-state index is 0.438. The molecule has 2 heteroatoms. The molecule has 5 atom stereocenters. The molecule has 0 saturated heterocycles. The molecule has 23 heavy (non-hydrogen) atoms. The lowest BCUT2D eigenvalue weighted by molar-refractivity contribution is -0.727. The largest absolute Gasteiger partial charge is 0.342 e. The molecular weight excluding hydrogens is 302 g/mol. The predicted octanol–water partition coefficient (Wildman–Crippen LogP) is 4.54. The van der Waals surface area contributed by atoms with Crippen molar-refractivity contribution in [3.05, 3.63) is 34.9 Å². The number of nitrogens with two attached hydrogens (primary N) is 1. The van der Waals surface area contributed by atoms with Gasteiger partial charge in [0.05, 0.1) is 12.1 Å². The standard InChI is InChI=1S/C21H30ClN/c1-14(2)23-15(3)20-9-16-8-17(10-20)12-21(11-16,13-20)18-4-6-19(22)7-5-18/h4-7,14-17,23H,8-13H2,1-3H3/p+1/t15-,16-,17+,20?,21?/m0/s1. The second kappa shape index (κ2) is 5.49. The smallest absolute Gasteiger partial charge is 0.0889 e. The van der Waals surface area contributed by atoms with Gasteiger partial charge >= 0.3 is 0 Å². The fraction of sp³-hybridized carbons (Fsp3) is 0.714. The van der Waals surface area contributed by atoms with Crippen LogP contribution in [0.2, 0.25) is 5.02 Å². The Morgan fingerprint density at radius 1 is 1.00 bits per heavy atom. The summed E-state index contributed by atoms with van der Waals surface area (Å²) in [4.78, 5) is 0. The molecule has 5 rings (SSSR count). The first-order chi connectivity index (χ1) is 10.9. The van der Waals surface area contributed by atoms with Crippen molar-refractivity contribution in [2.45, 2.75) is 76.8 Å². The lowest BCUT2D eigenvalue weighted by Crippen LogP contribution is -2.96. The summed E-state index contributed by atoms with van der Waals surface area (Å²) < 4.78 is 0. The van der Waals surface area contributed by atoms with Crippen molar-refractivity contribution in [1.29, 1.82) is 0 Å². The monoisotopic (exact) mass is 332 g/mol. The molecule has 0 radical (unpaired) electrons. The first kappa shape index (κ1) is 16.0. The van der Waals surface area contributed by atoms with E-state index in [9.17, 15) is 0 Å². The molecule has 4 bridgehead atoms. The van der Waals surface area contributed by atoms with Gasteiger partial charge in [-0.2, -0.15) is 0 Å². The Morgan fingerprint density at radius 3 is 2.17 bits per heavy atom. The van der Waals surface area contributed by atoms with E-state index in [1.54, 1.807) is 5.56 Å². The van der Waals surface area contributed by atoms with E-state index in [0.717, 1.165) is 22.9 Å². The zero-order chi connectivity index (χ0) is 16.2. The molecule has 0 amide bonds. The number of rotatable bonds is 4. The Morgan fingerprint density at radius 2 is 1.61 bits per heavy atom. The van der Waals surface area contributed by atoms with Crippen LogP contribution in [-0.2, 0) is 5.41 Å². The second-order valence-electron chi connectivity index (χ2n) is 9.34. The summed E-state index contributed by atoms with van der Waals surface area (Å²) in [5.74, 6) is 1.91. The molecule has 1 aromatic carbocycles. The summed E-state index contributed by atoms with van der Waals surface area (Å²) in [6, 6.07) is 10.3. The van der Waals surface area contributed by atoms with E-state index >= 15 is 0 Å². The Kier molecular flexibility index (Phi) is 3.81. The second-order valence-corrected chi connectivity index (χ2v) is 9.77. The molecule has 2 N–H and O–H groups in total.